The maximum atomic E-state index is 11.3. The number of allylic oxidation sites excluding steroid dienone is 1. The Morgan fingerprint density at radius 1 is 1.48 bits per heavy atom. The van der Waals surface area contributed by atoms with Gasteiger partial charge in [0.2, 0.25) is 0 Å². The zero-order valence-electron chi connectivity index (χ0n) is 13.6. The summed E-state index contributed by atoms with van der Waals surface area (Å²) in [4.78, 5) is 27.4. The largest absolute Gasteiger partial charge is 0.478 e. The van der Waals surface area contributed by atoms with Gasteiger partial charge in [0.1, 0.15) is 6.29 Å². The van der Waals surface area contributed by atoms with E-state index in [0.29, 0.717) is 5.57 Å². The summed E-state index contributed by atoms with van der Waals surface area (Å²) >= 11 is 1.46. The molecule has 124 valence electrons. The number of carboxylic acids is 1. The number of hydrogen-bond donors (Lipinski definition) is 2. The number of nitrogens with one attached hydrogen (secondary N) is 1. The smallest absolute Gasteiger partial charge is 0.332 e. The Hall–Kier alpha value is -1.95. The van der Waals surface area contributed by atoms with E-state index in [2.05, 4.69) is 17.2 Å². The van der Waals surface area contributed by atoms with E-state index in [0.717, 1.165) is 34.8 Å². The Labute approximate surface area is 140 Å². The number of thiazole rings is 1. The van der Waals surface area contributed by atoms with E-state index in [4.69, 9.17) is 0 Å². The second kappa shape index (κ2) is 7.55. The number of aliphatic carboxylic acids is 1. The van der Waals surface area contributed by atoms with Gasteiger partial charge in [-0.15, -0.1) is 0 Å². The van der Waals surface area contributed by atoms with E-state index in [9.17, 15) is 14.7 Å². The molecule has 1 aliphatic rings. The standard InChI is InChI=1S/C17H22N2O3S/c1-10(9-20)4-6-12(3)18-17-19-14-7-5-11(2)13(16(21)22)8-15(14)23-17/h5,7-12H,4,6H2,1-3H3,(H,18,19)(H,21,22). The number of carboxylic acid groups (broad SMARTS) is 1. The van der Waals surface area contributed by atoms with E-state index in [1.165, 1.54) is 11.3 Å². The third-order valence-corrected chi connectivity index (χ3v) is 4.85. The molecule has 2 rings (SSSR count). The fourth-order valence-corrected chi connectivity index (χ4v) is 3.38. The normalized spacial score (nSPS) is 19.3. The first-order chi connectivity index (χ1) is 10.9. The summed E-state index contributed by atoms with van der Waals surface area (Å²) in [5.74, 6) is -0.957. The molecule has 23 heavy (non-hydrogen) atoms. The van der Waals surface area contributed by atoms with Gasteiger partial charge in [0, 0.05) is 23.5 Å². The van der Waals surface area contributed by atoms with Gasteiger partial charge in [-0.1, -0.05) is 31.3 Å². The van der Waals surface area contributed by atoms with E-state index < -0.39 is 5.97 Å². The molecule has 3 atom stereocenters. The molecule has 0 bridgehead atoms. The van der Waals surface area contributed by atoms with Crippen LogP contribution in [-0.2, 0) is 9.59 Å². The molecule has 0 spiro atoms. The number of carbonyl (C=O) groups is 2. The molecule has 1 heterocycles. The molecule has 0 aliphatic heterocycles. The Bertz CT molecular complexity index is 648. The SMILES string of the molecule is CC(C=O)CCC(C)Nc1nc2c(s1)C=C(C(=O)O)C(C)C=C2. The minimum absolute atomic E-state index is 0.0674. The van der Waals surface area contributed by atoms with E-state index in [1.54, 1.807) is 6.08 Å². The molecule has 5 nitrogen and oxygen atoms in total. The molecule has 6 heteroatoms. The van der Waals surface area contributed by atoms with Gasteiger partial charge in [-0.3, -0.25) is 0 Å². The molecule has 0 saturated heterocycles. The fraction of sp³-hybridized carbons (Fsp3) is 0.471. The second-order valence-corrected chi connectivity index (χ2v) is 7.09. The molecule has 0 radical (unpaired) electrons. The average Bonchev–Trinajstić information content (AvgIpc) is 2.81. The van der Waals surface area contributed by atoms with Crippen molar-refractivity contribution in [3.8, 4) is 0 Å². The number of aromatic nitrogens is 1. The van der Waals surface area contributed by atoms with Crippen LogP contribution >= 0.6 is 11.3 Å². The number of hydrogen-bond acceptors (Lipinski definition) is 5. The highest BCUT2D eigenvalue weighted by molar-refractivity contribution is 7.16. The first kappa shape index (κ1) is 17.4. The van der Waals surface area contributed by atoms with Crippen LogP contribution in [0.3, 0.4) is 0 Å². The molecule has 1 aromatic heterocycles. The maximum Gasteiger partial charge on any atom is 0.332 e. The Balaban J connectivity index is 2.10. The summed E-state index contributed by atoms with van der Waals surface area (Å²) < 4.78 is 0. The first-order valence-electron chi connectivity index (χ1n) is 7.76. The lowest BCUT2D eigenvalue weighted by Gasteiger charge is -2.13. The van der Waals surface area contributed by atoms with Crippen LogP contribution in [0.15, 0.2) is 11.6 Å². The number of fused-ring (bicyclic) bond motifs is 1. The van der Waals surface area contributed by atoms with Gasteiger partial charge in [0.05, 0.1) is 10.6 Å². The fourth-order valence-electron chi connectivity index (χ4n) is 2.36. The summed E-state index contributed by atoms with van der Waals surface area (Å²) in [5.41, 5.74) is 1.18. The third-order valence-electron chi connectivity index (χ3n) is 3.91. The van der Waals surface area contributed by atoms with Crippen LogP contribution in [0.5, 0.6) is 0 Å². The molecule has 0 amide bonds. The van der Waals surface area contributed by atoms with Crippen LogP contribution < -0.4 is 5.32 Å². The zero-order chi connectivity index (χ0) is 17.0. The average molecular weight is 334 g/mol. The zero-order valence-corrected chi connectivity index (χ0v) is 14.4. The minimum Gasteiger partial charge on any atom is -0.478 e. The van der Waals surface area contributed by atoms with Gasteiger partial charge in [0.15, 0.2) is 5.13 Å². The molecular weight excluding hydrogens is 312 g/mol. The Kier molecular flexibility index (Phi) is 5.71. The van der Waals surface area contributed by atoms with Crippen molar-refractivity contribution < 1.29 is 14.7 Å². The molecule has 2 N–H and O–H groups in total. The summed E-state index contributed by atoms with van der Waals surface area (Å²) in [6.07, 6.45) is 8.15. The van der Waals surface area contributed by atoms with Gasteiger partial charge in [0.25, 0.3) is 0 Å². The van der Waals surface area contributed by atoms with Gasteiger partial charge in [-0.25, -0.2) is 9.78 Å². The van der Waals surface area contributed by atoms with Crippen LogP contribution in [0.25, 0.3) is 12.2 Å². The van der Waals surface area contributed by atoms with Gasteiger partial charge in [-0.2, -0.15) is 0 Å². The summed E-state index contributed by atoms with van der Waals surface area (Å²) in [6.45, 7) is 5.83. The second-order valence-electron chi connectivity index (χ2n) is 6.06. The van der Waals surface area contributed by atoms with E-state index in [-0.39, 0.29) is 17.9 Å². The molecular formula is C17H22N2O3S. The summed E-state index contributed by atoms with van der Waals surface area (Å²) in [5, 5.41) is 13.4. The van der Waals surface area contributed by atoms with E-state index >= 15 is 0 Å². The quantitative estimate of drug-likeness (QED) is 0.744. The van der Waals surface area contributed by atoms with E-state index in [1.807, 2.05) is 26.0 Å². The molecule has 3 unspecified atom stereocenters. The summed E-state index contributed by atoms with van der Waals surface area (Å²) in [7, 11) is 0. The molecule has 0 saturated carbocycles. The number of rotatable bonds is 7. The molecule has 0 fully saturated rings. The highest BCUT2D eigenvalue weighted by atomic mass is 32.1. The highest BCUT2D eigenvalue weighted by Gasteiger charge is 2.20. The Morgan fingerprint density at radius 3 is 2.87 bits per heavy atom. The molecule has 1 aromatic rings. The lowest BCUT2D eigenvalue weighted by molar-refractivity contribution is -0.133. The minimum atomic E-state index is -0.894. The van der Waals surface area contributed by atoms with Crippen molar-refractivity contribution in [3.63, 3.8) is 0 Å². The van der Waals surface area contributed by atoms with Crippen LogP contribution in [0, 0.1) is 11.8 Å². The molecule has 1 aliphatic carbocycles. The number of anilines is 1. The predicted octanol–water partition coefficient (Wildman–Crippen LogP) is 3.69. The van der Waals surface area contributed by atoms with Crippen molar-refractivity contribution in [1.82, 2.24) is 4.98 Å². The molecule has 0 aromatic carbocycles. The number of aldehydes is 1. The number of nitrogens with zero attached hydrogens (tertiary/aromatic N) is 1. The third kappa shape index (κ3) is 4.51. The van der Waals surface area contributed by atoms with Crippen molar-refractivity contribution in [3.05, 3.63) is 22.2 Å². The van der Waals surface area contributed by atoms with Crippen molar-refractivity contribution in [1.29, 1.82) is 0 Å². The predicted molar refractivity (Wildman–Crippen MR) is 93.5 cm³/mol. The van der Waals surface area contributed by atoms with Gasteiger partial charge in [-0.05, 0) is 31.9 Å². The van der Waals surface area contributed by atoms with Crippen LogP contribution in [0.1, 0.15) is 44.2 Å². The maximum absolute atomic E-state index is 11.3. The van der Waals surface area contributed by atoms with Crippen LogP contribution in [-0.4, -0.2) is 28.4 Å². The lowest BCUT2D eigenvalue weighted by Crippen LogP contribution is -2.16. The van der Waals surface area contributed by atoms with Crippen molar-refractivity contribution >= 4 is 40.9 Å². The highest BCUT2D eigenvalue weighted by Crippen LogP contribution is 2.32. The van der Waals surface area contributed by atoms with Gasteiger partial charge < -0.3 is 15.2 Å². The first-order valence-corrected chi connectivity index (χ1v) is 8.58. The van der Waals surface area contributed by atoms with Crippen LogP contribution in [0.2, 0.25) is 0 Å². The van der Waals surface area contributed by atoms with Gasteiger partial charge >= 0.3 is 5.97 Å². The van der Waals surface area contributed by atoms with Crippen LogP contribution in [0.4, 0.5) is 5.13 Å². The Morgan fingerprint density at radius 2 is 2.22 bits per heavy atom. The topological polar surface area (TPSA) is 79.3 Å². The van der Waals surface area contributed by atoms with Crippen molar-refractivity contribution in [2.45, 2.75) is 39.7 Å². The number of carbonyl (C=O) groups excluding carboxylic acids is 1. The summed E-state index contributed by atoms with van der Waals surface area (Å²) in [6, 6.07) is 0.206. The van der Waals surface area contributed by atoms with Crippen molar-refractivity contribution in [2.24, 2.45) is 11.8 Å². The lowest BCUT2D eigenvalue weighted by atomic mass is 10.0. The van der Waals surface area contributed by atoms with Crippen molar-refractivity contribution in [2.75, 3.05) is 5.32 Å². The monoisotopic (exact) mass is 334 g/mol.